The summed E-state index contributed by atoms with van der Waals surface area (Å²) in [6.45, 7) is 0.669. The first-order valence-corrected chi connectivity index (χ1v) is 5.87. The Bertz CT molecular complexity index is 461. The van der Waals surface area contributed by atoms with Crippen LogP contribution in [0.1, 0.15) is 19.3 Å². The number of anilines is 1. The minimum atomic E-state index is -0.657. The molecule has 1 aromatic rings. The predicted octanol–water partition coefficient (Wildman–Crippen LogP) is 2.95. The summed E-state index contributed by atoms with van der Waals surface area (Å²) in [5.74, 6) is 0.189. The zero-order chi connectivity index (χ0) is 13.1. The molecular formula is C12H15FN2O3. The molecule has 1 saturated carbocycles. The molecule has 0 heterocycles. The monoisotopic (exact) mass is 254 g/mol. The largest absolute Gasteiger partial charge is 0.490 e. The van der Waals surface area contributed by atoms with Gasteiger partial charge in [-0.1, -0.05) is 12.8 Å². The molecule has 1 aliphatic rings. The molecule has 0 aromatic heterocycles. The van der Waals surface area contributed by atoms with Crippen LogP contribution in [0.4, 0.5) is 15.8 Å². The van der Waals surface area contributed by atoms with Gasteiger partial charge in [0, 0.05) is 12.6 Å². The van der Waals surface area contributed by atoms with Crippen molar-refractivity contribution in [2.45, 2.75) is 19.3 Å². The number of nitrogens with zero attached hydrogens (tertiary/aromatic N) is 1. The molecule has 18 heavy (non-hydrogen) atoms. The molecule has 5 nitrogen and oxygen atoms in total. The van der Waals surface area contributed by atoms with Gasteiger partial charge in [-0.2, -0.15) is 0 Å². The van der Waals surface area contributed by atoms with Crippen LogP contribution in [-0.2, 0) is 0 Å². The van der Waals surface area contributed by atoms with Crippen LogP contribution in [0.15, 0.2) is 12.1 Å². The standard InChI is InChI=1S/C12H15FN2O3/c1-18-12-7-10(14-5-4-8-2-3-8)9(13)6-11(12)15(16)17/h6-8,14H,2-5H2,1H3. The van der Waals surface area contributed by atoms with Crippen LogP contribution >= 0.6 is 0 Å². The minimum absolute atomic E-state index is 0.0651. The van der Waals surface area contributed by atoms with Gasteiger partial charge in [-0.15, -0.1) is 0 Å². The van der Waals surface area contributed by atoms with Crippen molar-refractivity contribution in [1.29, 1.82) is 0 Å². The number of nitrogens with one attached hydrogen (secondary N) is 1. The van der Waals surface area contributed by atoms with E-state index in [0.29, 0.717) is 6.54 Å². The van der Waals surface area contributed by atoms with Gasteiger partial charge in [-0.25, -0.2) is 4.39 Å². The summed E-state index contributed by atoms with van der Waals surface area (Å²) in [5, 5.41) is 13.6. The number of methoxy groups -OCH3 is 1. The number of ether oxygens (including phenoxy) is 1. The summed E-state index contributed by atoms with van der Waals surface area (Å²) >= 11 is 0. The smallest absolute Gasteiger partial charge is 0.313 e. The molecule has 1 aromatic carbocycles. The highest BCUT2D eigenvalue weighted by molar-refractivity contribution is 5.59. The van der Waals surface area contributed by atoms with Gasteiger partial charge in [0.15, 0.2) is 11.6 Å². The minimum Gasteiger partial charge on any atom is -0.490 e. The van der Waals surface area contributed by atoms with E-state index in [0.717, 1.165) is 18.4 Å². The van der Waals surface area contributed by atoms with Crippen LogP contribution in [0, 0.1) is 21.8 Å². The van der Waals surface area contributed by atoms with Gasteiger partial charge in [0.25, 0.3) is 0 Å². The summed E-state index contributed by atoms with van der Waals surface area (Å²) < 4.78 is 18.5. The molecule has 0 saturated heterocycles. The second-order valence-electron chi connectivity index (χ2n) is 4.42. The highest BCUT2D eigenvalue weighted by Crippen LogP contribution is 2.34. The fourth-order valence-electron chi connectivity index (χ4n) is 1.80. The van der Waals surface area contributed by atoms with E-state index >= 15 is 0 Å². The molecule has 0 spiro atoms. The van der Waals surface area contributed by atoms with Gasteiger partial charge in [-0.05, 0) is 12.3 Å². The fourth-order valence-corrected chi connectivity index (χ4v) is 1.80. The molecule has 2 rings (SSSR count). The lowest BCUT2D eigenvalue weighted by Gasteiger charge is -2.09. The SMILES string of the molecule is COc1cc(NCCC2CC2)c(F)cc1[N+](=O)[O-]. The summed E-state index contributed by atoms with van der Waals surface area (Å²) in [6.07, 6.45) is 3.49. The third kappa shape index (κ3) is 2.88. The Morgan fingerprint density at radius 3 is 2.83 bits per heavy atom. The van der Waals surface area contributed by atoms with Crippen LogP contribution < -0.4 is 10.1 Å². The maximum Gasteiger partial charge on any atom is 0.313 e. The Morgan fingerprint density at radius 2 is 2.28 bits per heavy atom. The zero-order valence-corrected chi connectivity index (χ0v) is 10.1. The van der Waals surface area contributed by atoms with Crippen molar-refractivity contribution in [2.24, 2.45) is 5.92 Å². The Hall–Kier alpha value is -1.85. The zero-order valence-electron chi connectivity index (χ0n) is 10.1. The number of nitro benzene ring substituents is 1. The Balaban J connectivity index is 2.11. The highest BCUT2D eigenvalue weighted by atomic mass is 19.1. The lowest BCUT2D eigenvalue weighted by atomic mass is 10.2. The van der Waals surface area contributed by atoms with E-state index in [1.54, 1.807) is 0 Å². The van der Waals surface area contributed by atoms with Crippen molar-refractivity contribution in [3.8, 4) is 5.75 Å². The molecule has 1 aliphatic carbocycles. The normalized spacial score (nSPS) is 14.3. The van der Waals surface area contributed by atoms with Crippen LogP contribution in [0.3, 0.4) is 0 Å². The quantitative estimate of drug-likeness (QED) is 0.626. The van der Waals surface area contributed by atoms with Gasteiger partial charge >= 0.3 is 5.69 Å². The van der Waals surface area contributed by atoms with Crippen LogP contribution in [0.5, 0.6) is 5.75 Å². The van der Waals surface area contributed by atoms with Crippen molar-refractivity contribution in [3.63, 3.8) is 0 Å². The molecule has 1 fully saturated rings. The second kappa shape index (κ2) is 5.20. The van der Waals surface area contributed by atoms with Crippen LogP contribution in [0.2, 0.25) is 0 Å². The molecule has 6 heteroatoms. The molecule has 0 aliphatic heterocycles. The molecule has 0 unspecified atom stereocenters. The number of nitro groups is 1. The van der Waals surface area contributed by atoms with Gasteiger partial charge < -0.3 is 10.1 Å². The average Bonchev–Trinajstić information content (AvgIpc) is 3.14. The number of benzene rings is 1. The van der Waals surface area contributed by atoms with E-state index < -0.39 is 10.7 Å². The second-order valence-corrected chi connectivity index (χ2v) is 4.42. The predicted molar refractivity (Wildman–Crippen MR) is 65.4 cm³/mol. The van der Waals surface area contributed by atoms with Gasteiger partial charge in [-0.3, -0.25) is 10.1 Å². The van der Waals surface area contributed by atoms with Crippen molar-refractivity contribution >= 4 is 11.4 Å². The number of rotatable bonds is 6. The highest BCUT2D eigenvalue weighted by Gasteiger charge is 2.22. The van der Waals surface area contributed by atoms with Gasteiger partial charge in [0.05, 0.1) is 23.8 Å². The summed E-state index contributed by atoms with van der Waals surface area (Å²) in [5.41, 5.74) is -0.110. The Kier molecular flexibility index (Phi) is 3.64. The lowest BCUT2D eigenvalue weighted by molar-refractivity contribution is -0.385. The topological polar surface area (TPSA) is 64.4 Å². The maximum absolute atomic E-state index is 13.6. The van der Waals surface area contributed by atoms with Crippen molar-refractivity contribution in [1.82, 2.24) is 0 Å². The first kappa shape index (κ1) is 12.6. The Morgan fingerprint density at radius 1 is 1.56 bits per heavy atom. The first-order chi connectivity index (χ1) is 8.61. The van der Waals surface area contributed by atoms with Crippen molar-refractivity contribution < 1.29 is 14.1 Å². The van der Waals surface area contributed by atoms with Crippen molar-refractivity contribution in [3.05, 3.63) is 28.1 Å². The first-order valence-electron chi connectivity index (χ1n) is 5.87. The third-order valence-electron chi connectivity index (χ3n) is 3.03. The van der Waals surface area contributed by atoms with E-state index in [-0.39, 0.29) is 17.1 Å². The number of hydrogen-bond acceptors (Lipinski definition) is 4. The van der Waals surface area contributed by atoms with Gasteiger partial charge in [0.1, 0.15) is 0 Å². The molecule has 1 N–H and O–H groups in total. The Labute approximate surface area is 104 Å². The molecule has 0 amide bonds. The third-order valence-corrected chi connectivity index (χ3v) is 3.03. The lowest BCUT2D eigenvalue weighted by Crippen LogP contribution is -2.05. The maximum atomic E-state index is 13.6. The fraction of sp³-hybridized carbons (Fsp3) is 0.500. The summed E-state index contributed by atoms with van der Waals surface area (Å²) in [7, 11) is 1.33. The van der Waals surface area contributed by atoms with Gasteiger partial charge in [0.2, 0.25) is 0 Å². The number of halogens is 1. The van der Waals surface area contributed by atoms with E-state index in [1.165, 1.54) is 26.0 Å². The summed E-state index contributed by atoms with van der Waals surface area (Å²) in [4.78, 5) is 10.0. The van der Waals surface area contributed by atoms with E-state index in [4.69, 9.17) is 4.74 Å². The van der Waals surface area contributed by atoms with E-state index in [1.807, 2.05) is 0 Å². The van der Waals surface area contributed by atoms with Crippen LogP contribution in [0.25, 0.3) is 0 Å². The number of hydrogen-bond donors (Lipinski definition) is 1. The average molecular weight is 254 g/mol. The molecular weight excluding hydrogens is 239 g/mol. The van der Waals surface area contributed by atoms with Crippen LogP contribution in [-0.4, -0.2) is 18.6 Å². The van der Waals surface area contributed by atoms with E-state index in [2.05, 4.69) is 5.32 Å². The molecule has 0 bridgehead atoms. The van der Waals surface area contributed by atoms with Crippen molar-refractivity contribution in [2.75, 3.05) is 19.0 Å². The molecule has 0 radical (unpaired) electrons. The summed E-state index contributed by atoms with van der Waals surface area (Å²) in [6, 6.07) is 2.22. The molecule has 0 atom stereocenters. The molecule has 98 valence electrons. The van der Waals surface area contributed by atoms with E-state index in [9.17, 15) is 14.5 Å².